The molecule has 0 radical (unpaired) electrons. The molecule has 0 saturated carbocycles. The molecule has 0 atom stereocenters. The van der Waals surface area contributed by atoms with Crippen molar-refractivity contribution in [1.29, 1.82) is 0 Å². The molecule has 0 bridgehead atoms. The molecular weight excluding hydrogens is 344 g/mol. The lowest BCUT2D eigenvalue weighted by atomic mass is 9.96. The van der Waals surface area contributed by atoms with E-state index in [1.807, 2.05) is 25.1 Å². The van der Waals surface area contributed by atoms with E-state index in [2.05, 4.69) is 15.6 Å². The van der Waals surface area contributed by atoms with Crippen LogP contribution in [0.4, 0.5) is 5.69 Å². The van der Waals surface area contributed by atoms with Gasteiger partial charge in [0.25, 0.3) is 5.91 Å². The highest BCUT2D eigenvalue weighted by atomic mass is 16.5. The van der Waals surface area contributed by atoms with Crippen LogP contribution in [0, 0.1) is 0 Å². The molecule has 2 heterocycles. The molecule has 3 rings (SSSR count). The van der Waals surface area contributed by atoms with Crippen molar-refractivity contribution in [2.75, 3.05) is 45.2 Å². The third-order valence-corrected chi connectivity index (χ3v) is 4.52. The summed E-state index contributed by atoms with van der Waals surface area (Å²) in [6, 6.07) is 8.95. The Hall–Kier alpha value is -2.93. The van der Waals surface area contributed by atoms with Crippen LogP contribution < -0.4 is 10.6 Å². The van der Waals surface area contributed by atoms with Crippen LogP contribution in [0.3, 0.4) is 0 Å². The highest BCUT2D eigenvalue weighted by molar-refractivity contribution is 6.10. The second kappa shape index (κ2) is 8.64. The highest BCUT2D eigenvalue weighted by Gasteiger charge is 2.28. The number of pyridine rings is 1. The number of esters is 1. The number of ether oxygens (including phenoxy) is 1. The van der Waals surface area contributed by atoms with E-state index in [0.717, 1.165) is 25.3 Å². The molecular formula is C20H24N4O3. The van der Waals surface area contributed by atoms with Gasteiger partial charge in [0.15, 0.2) is 0 Å². The molecule has 1 aliphatic rings. The van der Waals surface area contributed by atoms with Gasteiger partial charge in [-0.05, 0) is 25.1 Å². The number of amides is 1. The molecule has 1 saturated heterocycles. The number of carbonyl (C=O) groups is 2. The topological polar surface area (TPSA) is 83.6 Å². The zero-order valence-electron chi connectivity index (χ0n) is 15.6. The van der Waals surface area contributed by atoms with Gasteiger partial charge in [0.05, 0.1) is 29.6 Å². The molecule has 1 amide bonds. The predicted octanol–water partition coefficient (Wildman–Crippen LogP) is 2.01. The van der Waals surface area contributed by atoms with Crippen molar-refractivity contribution in [3.8, 4) is 11.3 Å². The smallest absolute Gasteiger partial charge is 0.338 e. The van der Waals surface area contributed by atoms with Crippen molar-refractivity contribution in [1.82, 2.24) is 15.2 Å². The maximum atomic E-state index is 13.3. The Bertz CT molecular complexity index is 832. The summed E-state index contributed by atoms with van der Waals surface area (Å²) in [5.74, 6) is -0.711. The van der Waals surface area contributed by atoms with Crippen molar-refractivity contribution in [2.45, 2.75) is 6.92 Å². The fourth-order valence-electron chi connectivity index (χ4n) is 3.24. The first-order valence-corrected chi connectivity index (χ1v) is 9.08. The molecule has 0 aliphatic carbocycles. The average Bonchev–Trinajstić information content (AvgIpc) is 2.73. The third kappa shape index (κ3) is 3.93. The number of methoxy groups -OCH3 is 1. The zero-order valence-corrected chi connectivity index (χ0v) is 15.6. The number of aromatic nitrogens is 1. The largest absolute Gasteiger partial charge is 0.465 e. The number of nitrogens with zero attached hydrogens (tertiary/aromatic N) is 2. The molecule has 0 spiro atoms. The third-order valence-electron chi connectivity index (χ3n) is 4.52. The zero-order chi connectivity index (χ0) is 19.2. The lowest BCUT2D eigenvalue weighted by molar-refractivity contribution is 0.0589. The second-order valence-electron chi connectivity index (χ2n) is 6.19. The van der Waals surface area contributed by atoms with Crippen LogP contribution in [0.25, 0.3) is 11.3 Å². The molecule has 7 heteroatoms. The van der Waals surface area contributed by atoms with Crippen LogP contribution in [-0.4, -0.2) is 61.6 Å². The quantitative estimate of drug-likeness (QED) is 0.786. The molecule has 0 unspecified atom stereocenters. The minimum atomic E-state index is -0.531. The van der Waals surface area contributed by atoms with Gasteiger partial charge in [0.1, 0.15) is 0 Å². The minimum Gasteiger partial charge on any atom is -0.465 e. The van der Waals surface area contributed by atoms with E-state index >= 15 is 0 Å². The van der Waals surface area contributed by atoms with Crippen molar-refractivity contribution in [3.05, 3.63) is 47.7 Å². The SMILES string of the molecule is CCNc1cccnc1-c1cccc(C(=O)OC)c1C(=O)N1CCNCC1. The van der Waals surface area contributed by atoms with Gasteiger partial charge in [-0.25, -0.2) is 4.79 Å². The van der Waals surface area contributed by atoms with E-state index in [-0.39, 0.29) is 11.5 Å². The monoisotopic (exact) mass is 368 g/mol. The average molecular weight is 368 g/mol. The van der Waals surface area contributed by atoms with E-state index < -0.39 is 5.97 Å². The Morgan fingerprint density at radius 2 is 2.00 bits per heavy atom. The van der Waals surface area contributed by atoms with E-state index in [9.17, 15) is 9.59 Å². The minimum absolute atomic E-state index is 0.180. The van der Waals surface area contributed by atoms with Gasteiger partial charge in [-0.15, -0.1) is 0 Å². The van der Waals surface area contributed by atoms with E-state index in [4.69, 9.17) is 4.74 Å². The maximum absolute atomic E-state index is 13.3. The van der Waals surface area contributed by atoms with E-state index in [1.54, 1.807) is 23.2 Å². The number of piperazine rings is 1. The van der Waals surface area contributed by atoms with Crippen LogP contribution in [0.1, 0.15) is 27.6 Å². The van der Waals surface area contributed by atoms with Crippen molar-refractivity contribution >= 4 is 17.6 Å². The first-order valence-electron chi connectivity index (χ1n) is 9.08. The summed E-state index contributed by atoms with van der Waals surface area (Å²) in [5, 5.41) is 6.50. The maximum Gasteiger partial charge on any atom is 0.338 e. The predicted molar refractivity (Wildman–Crippen MR) is 104 cm³/mol. The number of nitrogens with one attached hydrogen (secondary N) is 2. The Balaban J connectivity index is 2.17. The molecule has 7 nitrogen and oxygen atoms in total. The molecule has 1 fully saturated rings. The van der Waals surface area contributed by atoms with Crippen molar-refractivity contribution in [2.24, 2.45) is 0 Å². The van der Waals surface area contributed by atoms with E-state index in [1.165, 1.54) is 7.11 Å². The van der Waals surface area contributed by atoms with Crippen molar-refractivity contribution in [3.63, 3.8) is 0 Å². The Kier molecular flexibility index (Phi) is 6.03. The van der Waals surface area contributed by atoms with Crippen LogP contribution in [0.2, 0.25) is 0 Å². The first kappa shape index (κ1) is 18.8. The number of anilines is 1. The van der Waals surface area contributed by atoms with Gasteiger partial charge in [0, 0.05) is 44.5 Å². The Morgan fingerprint density at radius 3 is 2.70 bits per heavy atom. The van der Waals surface area contributed by atoms with Crippen LogP contribution >= 0.6 is 0 Å². The van der Waals surface area contributed by atoms with Crippen LogP contribution in [0.15, 0.2) is 36.5 Å². The number of hydrogen-bond donors (Lipinski definition) is 2. The Morgan fingerprint density at radius 1 is 1.22 bits per heavy atom. The highest BCUT2D eigenvalue weighted by Crippen LogP contribution is 2.31. The van der Waals surface area contributed by atoms with Crippen molar-refractivity contribution < 1.29 is 14.3 Å². The van der Waals surface area contributed by atoms with Gasteiger partial charge in [-0.3, -0.25) is 9.78 Å². The van der Waals surface area contributed by atoms with Gasteiger partial charge in [-0.1, -0.05) is 12.1 Å². The molecule has 1 aromatic carbocycles. The second-order valence-corrected chi connectivity index (χ2v) is 6.19. The number of carbonyl (C=O) groups excluding carboxylic acids is 2. The van der Waals surface area contributed by atoms with Crippen LogP contribution in [-0.2, 0) is 4.74 Å². The summed E-state index contributed by atoms with van der Waals surface area (Å²) in [6.45, 7) is 5.36. The van der Waals surface area contributed by atoms with Gasteiger partial charge in [0.2, 0.25) is 0 Å². The first-order chi connectivity index (χ1) is 13.2. The van der Waals surface area contributed by atoms with E-state index in [0.29, 0.717) is 29.9 Å². The van der Waals surface area contributed by atoms with Gasteiger partial charge >= 0.3 is 5.97 Å². The molecule has 2 N–H and O–H groups in total. The molecule has 2 aromatic rings. The summed E-state index contributed by atoms with van der Waals surface area (Å²) in [4.78, 5) is 32.0. The lowest BCUT2D eigenvalue weighted by Crippen LogP contribution is -2.46. The molecule has 142 valence electrons. The van der Waals surface area contributed by atoms with Gasteiger partial charge < -0.3 is 20.3 Å². The number of benzene rings is 1. The summed E-state index contributed by atoms with van der Waals surface area (Å²) in [6.07, 6.45) is 1.68. The van der Waals surface area contributed by atoms with Gasteiger partial charge in [-0.2, -0.15) is 0 Å². The summed E-state index contributed by atoms with van der Waals surface area (Å²) >= 11 is 0. The Labute approximate surface area is 158 Å². The fourth-order valence-corrected chi connectivity index (χ4v) is 3.24. The lowest BCUT2D eigenvalue weighted by Gasteiger charge is -2.29. The standard InChI is InChI=1S/C20H24N4O3/c1-3-22-16-8-5-9-23-18(16)14-6-4-7-15(20(26)27-2)17(14)19(25)24-12-10-21-11-13-24/h4-9,21-22H,3,10-13H2,1-2H3. The molecule has 1 aliphatic heterocycles. The molecule has 27 heavy (non-hydrogen) atoms. The fraction of sp³-hybridized carbons (Fsp3) is 0.350. The normalized spacial score (nSPS) is 13.9. The summed E-state index contributed by atoms with van der Waals surface area (Å²) in [5.41, 5.74) is 2.67. The summed E-state index contributed by atoms with van der Waals surface area (Å²) < 4.78 is 4.92. The number of hydrogen-bond acceptors (Lipinski definition) is 6. The summed E-state index contributed by atoms with van der Waals surface area (Å²) in [7, 11) is 1.32. The molecule has 1 aromatic heterocycles. The number of rotatable bonds is 5. The van der Waals surface area contributed by atoms with Crippen LogP contribution in [0.5, 0.6) is 0 Å².